The molecule has 2 aromatic rings. The summed E-state index contributed by atoms with van der Waals surface area (Å²) in [7, 11) is 0. The number of hydrogen-bond acceptors (Lipinski definition) is 4. The van der Waals surface area contributed by atoms with Crippen molar-refractivity contribution in [1.29, 1.82) is 0 Å². The van der Waals surface area contributed by atoms with Crippen LogP contribution in [-0.4, -0.2) is 15.9 Å². The lowest BCUT2D eigenvalue weighted by Gasteiger charge is -2.08. The van der Waals surface area contributed by atoms with E-state index in [0.717, 1.165) is 12.4 Å². The molecule has 0 spiro atoms. The van der Waals surface area contributed by atoms with Crippen LogP contribution in [0.15, 0.2) is 18.5 Å². The van der Waals surface area contributed by atoms with Crippen molar-refractivity contribution in [2.24, 2.45) is 0 Å². The normalized spacial score (nSPS) is 10.4. The highest BCUT2D eigenvalue weighted by Gasteiger charge is 2.21. The number of carbonyl (C=O) groups excluding carboxylic acids is 1. The Kier molecular flexibility index (Phi) is 3.51. The van der Waals surface area contributed by atoms with Crippen molar-refractivity contribution in [3.63, 3.8) is 0 Å². The van der Waals surface area contributed by atoms with Crippen molar-refractivity contribution < 1.29 is 22.4 Å². The molecule has 5 nitrogen and oxygen atoms in total. The fraction of sp³-hybridized carbons (Fsp3) is 0. The van der Waals surface area contributed by atoms with Gasteiger partial charge >= 0.3 is 0 Å². The smallest absolute Gasteiger partial charge is 0.276 e. The zero-order valence-electron chi connectivity index (χ0n) is 9.62. The van der Waals surface area contributed by atoms with Gasteiger partial charge in [0.15, 0.2) is 23.3 Å². The van der Waals surface area contributed by atoms with E-state index >= 15 is 0 Å². The number of rotatable bonds is 2. The van der Waals surface area contributed by atoms with Crippen LogP contribution in [0, 0.1) is 23.3 Å². The van der Waals surface area contributed by atoms with Gasteiger partial charge in [0.2, 0.25) is 0 Å². The minimum absolute atomic E-state index is 0.0284. The summed E-state index contributed by atoms with van der Waals surface area (Å²) >= 11 is 0. The minimum atomic E-state index is -1.73. The maximum atomic E-state index is 13.3. The van der Waals surface area contributed by atoms with Crippen LogP contribution in [0.25, 0.3) is 0 Å². The van der Waals surface area contributed by atoms with Gasteiger partial charge in [-0.2, -0.15) is 0 Å². The molecule has 104 valence electrons. The molecule has 3 N–H and O–H groups in total. The van der Waals surface area contributed by atoms with Gasteiger partial charge in [-0.25, -0.2) is 22.5 Å². The number of benzene rings is 1. The predicted octanol–water partition coefficient (Wildman–Crippen LogP) is 1.87. The molecule has 1 heterocycles. The van der Waals surface area contributed by atoms with Crippen molar-refractivity contribution in [1.82, 2.24) is 9.97 Å². The monoisotopic (exact) mass is 286 g/mol. The molecule has 0 saturated carbocycles. The molecule has 2 rings (SSSR count). The standard InChI is InChI=1S/C11H6F4N4O/c12-4-1-5(13)9(15)10(8(4)14)19-11(20)6-2-17-3-7(16)18-6/h1-3H,(H2,16,18)(H,19,20). The predicted molar refractivity (Wildman–Crippen MR) is 60.7 cm³/mol. The number of halogens is 4. The number of hydrogen-bond donors (Lipinski definition) is 2. The van der Waals surface area contributed by atoms with E-state index in [9.17, 15) is 22.4 Å². The van der Waals surface area contributed by atoms with E-state index in [4.69, 9.17) is 5.73 Å². The number of aromatic nitrogens is 2. The second-order valence-corrected chi connectivity index (χ2v) is 3.63. The zero-order chi connectivity index (χ0) is 14.9. The molecule has 1 amide bonds. The molecule has 0 unspecified atom stereocenters. The van der Waals surface area contributed by atoms with Gasteiger partial charge in [0.1, 0.15) is 17.2 Å². The van der Waals surface area contributed by atoms with E-state index in [0.29, 0.717) is 0 Å². The van der Waals surface area contributed by atoms with Crippen molar-refractivity contribution in [2.45, 2.75) is 0 Å². The summed E-state index contributed by atoms with van der Waals surface area (Å²) in [6, 6.07) is 0.0284. The highest BCUT2D eigenvalue weighted by atomic mass is 19.2. The summed E-state index contributed by atoms with van der Waals surface area (Å²) in [5.41, 5.74) is 3.66. The molecule has 9 heteroatoms. The third kappa shape index (κ3) is 2.51. The van der Waals surface area contributed by atoms with Gasteiger partial charge < -0.3 is 11.1 Å². The van der Waals surface area contributed by atoms with Crippen LogP contribution in [0.4, 0.5) is 29.1 Å². The number of anilines is 2. The molecular weight excluding hydrogens is 280 g/mol. The van der Waals surface area contributed by atoms with Crippen LogP contribution in [0.5, 0.6) is 0 Å². The minimum Gasteiger partial charge on any atom is -0.382 e. The largest absolute Gasteiger partial charge is 0.382 e. The van der Waals surface area contributed by atoms with Crippen LogP contribution in [0.1, 0.15) is 10.5 Å². The molecule has 20 heavy (non-hydrogen) atoms. The SMILES string of the molecule is Nc1cncc(C(=O)Nc2c(F)c(F)cc(F)c2F)n1. The molecule has 0 radical (unpaired) electrons. The van der Waals surface area contributed by atoms with Gasteiger partial charge in [0.25, 0.3) is 5.91 Å². The van der Waals surface area contributed by atoms with Crippen molar-refractivity contribution in [3.8, 4) is 0 Å². The zero-order valence-corrected chi connectivity index (χ0v) is 9.62. The Morgan fingerprint density at radius 3 is 2.25 bits per heavy atom. The van der Waals surface area contributed by atoms with E-state index in [1.807, 2.05) is 0 Å². The summed E-state index contributed by atoms with van der Waals surface area (Å²) in [4.78, 5) is 18.7. The molecule has 0 aliphatic heterocycles. The molecule has 0 atom stereocenters. The number of nitrogens with zero attached hydrogens (tertiary/aromatic N) is 2. The van der Waals surface area contributed by atoms with E-state index in [-0.39, 0.29) is 17.6 Å². The quantitative estimate of drug-likeness (QED) is 0.652. The molecule has 0 aliphatic rings. The van der Waals surface area contributed by atoms with Crippen molar-refractivity contribution in [2.75, 3.05) is 11.1 Å². The Morgan fingerprint density at radius 1 is 1.10 bits per heavy atom. The number of amides is 1. The van der Waals surface area contributed by atoms with Crippen molar-refractivity contribution >= 4 is 17.4 Å². The number of nitrogen functional groups attached to an aromatic ring is 1. The Morgan fingerprint density at radius 2 is 1.70 bits per heavy atom. The average Bonchev–Trinajstić information content (AvgIpc) is 2.41. The first-order valence-electron chi connectivity index (χ1n) is 5.12. The van der Waals surface area contributed by atoms with E-state index < -0.39 is 34.9 Å². The number of nitrogens with one attached hydrogen (secondary N) is 1. The lowest BCUT2D eigenvalue weighted by atomic mass is 10.2. The van der Waals surface area contributed by atoms with Gasteiger partial charge in [0, 0.05) is 6.07 Å². The lowest BCUT2D eigenvalue weighted by Crippen LogP contribution is -2.17. The third-order valence-corrected chi connectivity index (χ3v) is 2.24. The van der Waals surface area contributed by atoms with Gasteiger partial charge in [-0.3, -0.25) is 9.78 Å². The van der Waals surface area contributed by atoms with Crippen LogP contribution in [-0.2, 0) is 0 Å². The molecule has 0 saturated heterocycles. The van der Waals surface area contributed by atoms with Gasteiger partial charge in [-0.1, -0.05) is 0 Å². The maximum absolute atomic E-state index is 13.3. The summed E-state index contributed by atoms with van der Waals surface area (Å²) in [5.74, 6) is -7.96. The van der Waals surface area contributed by atoms with E-state index in [1.54, 1.807) is 5.32 Å². The Labute approximate surface area is 109 Å². The van der Waals surface area contributed by atoms with Crippen LogP contribution >= 0.6 is 0 Å². The van der Waals surface area contributed by atoms with E-state index in [2.05, 4.69) is 9.97 Å². The highest BCUT2D eigenvalue weighted by Crippen LogP contribution is 2.24. The Hall–Kier alpha value is -2.71. The summed E-state index contributed by atoms with van der Waals surface area (Å²) in [6.45, 7) is 0. The first-order chi connectivity index (χ1) is 9.40. The second kappa shape index (κ2) is 5.11. The first kappa shape index (κ1) is 13.7. The molecule has 1 aromatic heterocycles. The maximum Gasteiger partial charge on any atom is 0.276 e. The second-order valence-electron chi connectivity index (χ2n) is 3.63. The molecule has 1 aromatic carbocycles. The first-order valence-corrected chi connectivity index (χ1v) is 5.12. The van der Waals surface area contributed by atoms with Gasteiger partial charge in [-0.15, -0.1) is 0 Å². The highest BCUT2D eigenvalue weighted by molar-refractivity contribution is 6.03. The third-order valence-electron chi connectivity index (χ3n) is 2.24. The molecule has 0 bridgehead atoms. The van der Waals surface area contributed by atoms with Crippen LogP contribution in [0.3, 0.4) is 0 Å². The molecular formula is C11H6F4N4O. The van der Waals surface area contributed by atoms with Gasteiger partial charge in [-0.05, 0) is 0 Å². The lowest BCUT2D eigenvalue weighted by molar-refractivity contribution is 0.102. The summed E-state index contributed by atoms with van der Waals surface area (Å²) < 4.78 is 52.6. The topological polar surface area (TPSA) is 80.9 Å². The van der Waals surface area contributed by atoms with Gasteiger partial charge in [0.05, 0.1) is 12.4 Å². The average molecular weight is 286 g/mol. The molecule has 0 fully saturated rings. The van der Waals surface area contributed by atoms with Crippen LogP contribution in [0.2, 0.25) is 0 Å². The summed E-state index contributed by atoms with van der Waals surface area (Å²) in [6.07, 6.45) is 2.11. The number of nitrogens with two attached hydrogens (primary N) is 1. The van der Waals surface area contributed by atoms with E-state index in [1.165, 1.54) is 0 Å². The van der Waals surface area contributed by atoms with Crippen molar-refractivity contribution in [3.05, 3.63) is 47.4 Å². The Balaban J connectivity index is 2.38. The fourth-order valence-electron chi connectivity index (χ4n) is 1.35. The fourth-order valence-corrected chi connectivity index (χ4v) is 1.35. The molecule has 0 aliphatic carbocycles. The summed E-state index contributed by atoms with van der Waals surface area (Å²) in [5, 5.41) is 1.68. The Bertz CT molecular complexity index is 666. The number of carbonyl (C=O) groups is 1. The van der Waals surface area contributed by atoms with Crippen LogP contribution < -0.4 is 11.1 Å².